The van der Waals surface area contributed by atoms with Gasteiger partial charge in [-0.25, -0.2) is 0 Å². The average Bonchev–Trinajstić information content (AvgIpc) is 3.01. The van der Waals surface area contributed by atoms with Crippen molar-refractivity contribution in [3.05, 3.63) is 56.2 Å². The lowest BCUT2D eigenvalue weighted by molar-refractivity contribution is -0.690. The number of hydrogen-bond donors (Lipinski definition) is 4. The second-order valence-corrected chi connectivity index (χ2v) is 6.84. The van der Waals surface area contributed by atoms with E-state index in [1.165, 1.54) is 15.5 Å². The smallest absolute Gasteiger partial charge is 0.265 e. The number of aromatic amines is 2. The van der Waals surface area contributed by atoms with Gasteiger partial charge in [0, 0.05) is 24.4 Å². The maximum atomic E-state index is 12.7. The highest BCUT2D eigenvalue weighted by molar-refractivity contribution is 7.71. The van der Waals surface area contributed by atoms with E-state index in [1.54, 1.807) is 7.11 Å². The van der Waals surface area contributed by atoms with Gasteiger partial charge < -0.3 is 20.1 Å². The van der Waals surface area contributed by atoms with Crippen LogP contribution in [0, 0.1) is 4.77 Å². The van der Waals surface area contributed by atoms with Crippen molar-refractivity contribution in [2.45, 2.75) is 19.0 Å². The van der Waals surface area contributed by atoms with Crippen LogP contribution in [0.5, 0.6) is 5.88 Å². The largest absolute Gasteiger partial charge is 0.494 e. The Morgan fingerprint density at radius 3 is 3.00 bits per heavy atom. The van der Waals surface area contributed by atoms with Gasteiger partial charge in [0.15, 0.2) is 10.8 Å². The van der Waals surface area contributed by atoms with Gasteiger partial charge in [-0.2, -0.15) is 0 Å². The minimum atomic E-state index is -0.353. The van der Waals surface area contributed by atoms with Gasteiger partial charge in [-0.15, -0.1) is 0 Å². The number of ether oxygens (including phenoxy) is 1. The number of nitrogens with one attached hydrogen (secondary N) is 2. The van der Waals surface area contributed by atoms with Gasteiger partial charge in [0.25, 0.3) is 5.56 Å². The van der Waals surface area contributed by atoms with Crippen molar-refractivity contribution in [1.29, 1.82) is 0 Å². The molecule has 1 aromatic carbocycles. The van der Waals surface area contributed by atoms with Crippen molar-refractivity contribution in [3.8, 4) is 5.88 Å². The first-order valence-corrected chi connectivity index (χ1v) is 9.00. The Hall–Kier alpha value is -2.42. The van der Waals surface area contributed by atoms with Gasteiger partial charge in [-0.1, -0.05) is 18.2 Å². The van der Waals surface area contributed by atoms with Crippen LogP contribution in [-0.4, -0.2) is 39.9 Å². The van der Waals surface area contributed by atoms with Crippen LogP contribution >= 0.6 is 12.2 Å². The molecule has 0 fully saturated rings. The lowest BCUT2D eigenvalue weighted by Gasteiger charge is -2.22. The number of fused-ring (bicyclic) bond motifs is 3. The molecule has 3 aromatic rings. The SMILES string of the molecule is COCCn1c(O)c([C@@H]2[NH2+]CCc3c2[nH]c2ccccc32)c(=O)[nH]c1=S. The molecule has 0 saturated carbocycles. The maximum absolute atomic E-state index is 12.7. The Balaban J connectivity index is 1.90. The molecule has 0 saturated heterocycles. The number of rotatable bonds is 4. The van der Waals surface area contributed by atoms with Crippen LogP contribution in [0.15, 0.2) is 29.1 Å². The van der Waals surface area contributed by atoms with Gasteiger partial charge in [-0.3, -0.25) is 14.3 Å². The number of aromatic nitrogens is 3. The van der Waals surface area contributed by atoms with Crippen LogP contribution in [0.1, 0.15) is 22.9 Å². The number of benzene rings is 1. The molecule has 3 heterocycles. The number of nitrogens with two attached hydrogens (primary N) is 1. The number of quaternary nitrogens is 1. The fraction of sp³-hybridized carbons (Fsp3) is 0.333. The third-order valence-electron chi connectivity index (χ3n) is 4.99. The lowest BCUT2D eigenvalue weighted by Crippen LogP contribution is -2.87. The molecule has 0 amide bonds. The highest BCUT2D eigenvalue weighted by Gasteiger charge is 2.33. The molecule has 4 rings (SSSR count). The Morgan fingerprint density at radius 1 is 1.38 bits per heavy atom. The van der Waals surface area contributed by atoms with Gasteiger partial charge in [0.2, 0.25) is 5.88 Å². The molecule has 0 radical (unpaired) electrons. The van der Waals surface area contributed by atoms with Crippen LogP contribution in [0.4, 0.5) is 0 Å². The van der Waals surface area contributed by atoms with E-state index in [9.17, 15) is 9.90 Å². The molecule has 8 heteroatoms. The first-order valence-electron chi connectivity index (χ1n) is 8.59. The summed E-state index contributed by atoms with van der Waals surface area (Å²) in [6.07, 6.45) is 0.914. The zero-order chi connectivity index (χ0) is 18.3. The predicted molar refractivity (Wildman–Crippen MR) is 100 cm³/mol. The van der Waals surface area contributed by atoms with Crippen LogP contribution < -0.4 is 10.9 Å². The summed E-state index contributed by atoms with van der Waals surface area (Å²) in [5.41, 5.74) is 3.18. The van der Waals surface area contributed by atoms with Gasteiger partial charge in [0.05, 0.1) is 25.4 Å². The van der Waals surface area contributed by atoms with Crippen molar-refractivity contribution in [1.82, 2.24) is 14.5 Å². The molecule has 26 heavy (non-hydrogen) atoms. The lowest BCUT2D eigenvalue weighted by atomic mass is 9.95. The van der Waals surface area contributed by atoms with Crippen molar-refractivity contribution in [2.24, 2.45) is 0 Å². The zero-order valence-electron chi connectivity index (χ0n) is 14.4. The monoisotopic (exact) mass is 373 g/mol. The third kappa shape index (κ3) is 2.66. The minimum absolute atomic E-state index is 0.0939. The van der Waals surface area contributed by atoms with Gasteiger partial charge in [-0.05, 0) is 23.8 Å². The van der Waals surface area contributed by atoms with E-state index in [-0.39, 0.29) is 22.3 Å². The number of aromatic hydroxyl groups is 1. The third-order valence-corrected chi connectivity index (χ3v) is 5.31. The fourth-order valence-corrected chi connectivity index (χ4v) is 4.05. The van der Waals surface area contributed by atoms with Gasteiger partial charge in [0.1, 0.15) is 5.56 Å². The summed E-state index contributed by atoms with van der Waals surface area (Å²) in [5, 5.41) is 14.1. The molecule has 2 aromatic heterocycles. The Bertz CT molecular complexity index is 1080. The molecule has 0 spiro atoms. The van der Waals surface area contributed by atoms with Crippen molar-refractivity contribution >= 4 is 23.1 Å². The van der Waals surface area contributed by atoms with Crippen LogP contribution in [-0.2, 0) is 17.7 Å². The summed E-state index contributed by atoms with van der Waals surface area (Å²) >= 11 is 5.21. The van der Waals surface area contributed by atoms with E-state index in [4.69, 9.17) is 17.0 Å². The number of hydrogen-bond acceptors (Lipinski definition) is 4. The van der Waals surface area contributed by atoms with Crippen molar-refractivity contribution < 1.29 is 15.2 Å². The summed E-state index contributed by atoms with van der Waals surface area (Å²) in [6, 6.07) is 7.80. The minimum Gasteiger partial charge on any atom is -0.494 e. The zero-order valence-corrected chi connectivity index (χ0v) is 15.2. The summed E-state index contributed by atoms with van der Waals surface area (Å²) < 4.78 is 6.79. The molecule has 0 bridgehead atoms. The van der Waals surface area contributed by atoms with Crippen molar-refractivity contribution in [3.63, 3.8) is 0 Å². The molecular weight excluding hydrogens is 352 g/mol. The second kappa shape index (κ2) is 6.71. The first kappa shape index (κ1) is 17.0. The Kier molecular flexibility index (Phi) is 4.39. The van der Waals surface area contributed by atoms with E-state index in [0.29, 0.717) is 18.7 Å². The number of nitrogens with zero attached hydrogens (tertiary/aromatic N) is 1. The highest BCUT2D eigenvalue weighted by Crippen LogP contribution is 2.32. The van der Waals surface area contributed by atoms with E-state index >= 15 is 0 Å². The molecule has 1 atom stereocenters. The van der Waals surface area contributed by atoms with Crippen LogP contribution in [0.3, 0.4) is 0 Å². The second-order valence-electron chi connectivity index (χ2n) is 6.46. The molecule has 0 aliphatic carbocycles. The summed E-state index contributed by atoms with van der Waals surface area (Å²) in [7, 11) is 1.58. The number of para-hydroxylation sites is 1. The van der Waals surface area contributed by atoms with E-state index in [1.807, 2.05) is 18.2 Å². The molecule has 1 aliphatic heterocycles. The fourth-order valence-electron chi connectivity index (χ4n) is 3.78. The predicted octanol–water partition coefficient (Wildman–Crippen LogP) is 0.948. The summed E-state index contributed by atoms with van der Waals surface area (Å²) in [6.45, 7) is 1.60. The normalized spacial score (nSPS) is 16.7. The van der Waals surface area contributed by atoms with E-state index in [0.717, 1.165) is 24.2 Å². The standard InChI is InChI=1S/C18H20N4O3S/c1-25-9-8-22-17(24)13(16(23)21-18(22)26)15-14-11(6-7-19-15)10-4-2-3-5-12(10)20-14/h2-5,15,19-20,24H,6-9H2,1H3,(H,21,23,26)/p+1/t15-/m0/s1. The Labute approximate surface area is 154 Å². The van der Waals surface area contributed by atoms with E-state index < -0.39 is 0 Å². The topological polar surface area (TPSA) is 99.6 Å². The van der Waals surface area contributed by atoms with Crippen molar-refractivity contribution in [2.75, 3.05) is 20.3 Å². The molecule has 136 valence electrons. The van der Waals surface area contributed by atoms with Crippen LogP contribution in [0.25, 0.3) is 10.9 Å². The molecule has 7 nitrogen and oxygen atoms in total. The quantitative estimate of drug-likeness (QED) is 0.512. The average molecular weight is 373 g/mol. The number of H-pyrrole nitrogens is 2. The van der Waals surface area contributed by atoms with Gasteiger partial charge >= 0.3 is 0 Å². The molecule has 5 N–H and O–H groups in total. The molecular formula is C18H21N4O3S+. The highest BCUT2D eigenvalue weighted by atomic mass is 32.1. The first-order chi connectivity index (χ1) is 12.6. The molecule has 1 aliphatic rings. The summed E-state index contributed by atoms with van der Waals surface area (Å²) in [5.74, 6) is -0.0939. The Morgan fingerprint density at radius 2 is 2.19 bits per heavy atom. The maximum Gasteiger partial charge on any atom is 0.265 e. The molecule has 0 unspecified atom stereocenters. The van der Waals surface area contributed by atoms with Crippen LogP contribution in [0.2, 0.25) is 0 Å². The van der Waals surface area contributed by atoms with E-state index in [2.05, 4.69) is 21.4 Å². The number of methoxy groups -OCH3 is 1. The summed E-state index contributed by atoms with van der Waals surface area (Å²) in [4.78, 5) is 18.8.